The number of halogens is 1. The molecular formula is C17H27ClN2O. The Balaban J connectivity index is 0.00000220. The highest BCUT2D eigenvalue weighted by Gasteiger charge is 2.32. The van der Waals surface area contributed by atoms with Crippen molar-refractivity contribution in [2.24, 2.45) is 11.7 Å². The highest BCUT2D eigenvalue weighted by molar-refractivity contribution is 5.87. The van der Waals surface area contributed by atoms with Gasteiger partial charge in [-0.3, -0.25) is 4.79 Å². The third kappa shape index (κ3) is 4.45. The first-order chi connectivity index (χ1) is 9.45. The van der Waals surface area contributed by atoms with Gasteiger partial charge in [0.1, 0.15) is 0 Å². The molecule has 0 aromatic heterocycles. The molecule has 1 aliphatic carbocycles. The Morgan fingerprint density at radius 3 is 2.38 bits per heavy atom. The maximum absolute atomic E-state index is 12.4. The van der Waals surface area contributed by atoms with E-state index in [0.29, 0.717) is 12.5 Å². The second-order valence-electron chi connectivity index (χ2n) is 6.39. The number of nitrogens with one attached hydrogen (secondary N) is 1. The number of hydrogen-bond donors (Lipinski definition) is 2. The summed E-state index contributed by atoms with van der Waals surface area (Å²) in [5.41, 5.74) is 7.85. The number of nitrogens with two attached hydrogens (primary N) is 1. The highest BCUT2D eigenvalue weighted by atomic mass is 35.5. The average molecular weight is 311 g/mol. The van der Waals surface area contributed by atoms with Crippen molar-refractivity contribution in [1.82, 2.24) is 5.32 Å². The fourth-order valence-corrected chi connectivity index (χ4v) is 2.41. The summed E-state index contributed by atoms with van der Waals surface area (Å²) < 4.78 is 0. The zero-order chi connectivity index (χ0) is 14.8. The van der Waals surface area contributed by atoms with Gasteiger partial charge in [0.25, 0.3) is 0 Å². The summed E-state index contributed by atoms with van der Waals surface area (Å²) in [6, 6.07) is 8.41. The largest absolute Gasteiger partial charge is 0.354 e. The number of amides is 1. The Hall–Kier alpha value is -1.06. The van der Waals surface area contributed by atoms with Crippen molar-refractivity contribution >= 4 is 18.3 Å². The van der Waals surface area contributed by atoms with Gasteiger partial charge in [0.05, 0.1) is 5.41 Å². The summed E-state index contributed by atoms with van der Waals surface area (Å²) in [4.78, 5) is 12.4. The standard InChI is InChI=1S/C17H26N2O.ClH/c1-4-12-5-9-14(10-6-12)17(2,3)16(20)19-11-15(18)13-7-8-13;/h5-6,9-10,13,15H,4,7-8,11,18H2,1-3H3,(H,19,20);1H. The van der Waals surface area contributed by atoms with Crippen LogP contribution in [0.5, 0.6) is 0 Å². The molecule has 1 aromatic rings. The van der Waals surface area contributed by atoms with Crippen molar-refractivity contribution in [1.29, 1.82) is 0 Å². The van der Waals surface area contributed by atoms with Crippen LogP contribution in [0.1, 0.15) is 44.7 Å². The molecule has 1 unspecified atom stereocenters. The molecule has 3 nitrogen and oxygen atoms in total. The van der Waals surface area contributed by atoms with Crippen molar-refractivity contribution in [3.63, 3.8) is 0 Å². The maximum Gasteiger partial charge on any atom is 0.230 e. The monoisotopic (exact) mass is 310 g/mol. The first-order valence-electron chi connectivity index (χ1n) is 7.58. The van der Waals surface area contributed by atoms with E-state index in [1.807, 2.05) is 13.8 Å². The molecule has 2 rings (SSSR count). The van der Waals surface area contributed by atoms with Crippen LogP contribution < -0.4 is 11.1 Å². The third-order valence-corrected chi connectivity index (χ3v) is 4.38. The van der Waals surface area contributed by atoms with E-state index in [2.05, 4.69) is 36.5 Å². The predicted octanol–water partition coefficient (Wildman–Crippen LogP) is 2.80. The number of carbonyl (C=O) groups excluding carboxylic acids is 1. The molecule has 0 radical (unpaired) electrons. The molecule has 3 N–H and O–H groups in total. The summed E-state index contributed by atoms with van der Waals surface area (Å²) in [5.74, 6) is 0.667. The van der Waals surface area contributed by atoms with Gasteiger partial charge in [-0.1, -0.05) is 31.2 Å². The van der Waals surface area contributed by atoms with Crippen LogP contribution in [0.4, 0.5) is 0 Å². The van der Waals surface area contributed by atoms with E-state index in [4.69, 9.17) is 5.73 Å². The van der Waals surface area contributed by atoms with Gasteiger partial charge in [-0.15, -0.1) is 12.4 Å². The normalized spacial score (nSPS) is 16.0. The van der Waals surface area contributed by atoms with Crippen LogP contribution in [-0.2, 0) is 16.6 Å². The minimum atomic E-state index is -0.518. The molecule has 0 spiro atoms. The van der Waals surface area contributed by atoms with Crippen LogP contribution in [0.25, 0.3) is 0 Å². The smallest absolute Gasteiger partial charge is 0.230 e. The van der Waals surface area contributed by atoms with E-state index < -0.39 is 5.41 Å². The topological polar surface area (TPSA) is 55.1 Å². The lowest BCUT2D eigenvalue weighted by Crippen LogP contribution is -2.45. The third-order valence-electron chi connectivity index (χ3n) is 4.38. The number of rotatable bonds is 6. The molecule has 0 saturated heterocycles. The molecule has 1 saturated carbocycles. The van der Waals surface area contributed by atoms with E-state index in [1.54, 1.807) is 0 Å². The zero-order valence-corrected chi connectivity index (χ0v) is 14.0. The molecular weight excluding hydrogens is 284 g/mol. The molecule has 0 aliphatic heterocycles. The van der Waals surface area contributed by atoms with Gasteiger partial charge in [-0.25, -0.2) is 0 Å². The molecule has 0 bridgehead atoms. The van der Waals surface area contributed by atoms with Gasteiger partial charge in [0.15, 0.2) is 0 Å². The quantitative estimate of drug-likeness (QED) is 0.849. The van der Waals surface area contributed by atoms with Gasteiger partial charge in [0, 0.05) is 12.6 Å². The molecule has 1 aliphatic rings. The van der Waals surface area contributed by atoms with Crippen molar-refractivity contribution in [3.8, 4) is 0 Å². The van der Waals surface area contributed by atoms with Crippen molar-refractivity contribution in [2.75, 3.05) is 6.54 Å². The summed E-state index contributed by atoms with van der Waals surface area (Å²) in [6.45, 7) is 6.64. The summed E-state index contributed by atoms with van der Waals surface area (Å²) in [7, 11) is 0. The van der Waals surface area contributed by atoms with Gasteiger partial charge in [-0.05, 0) is 50.2 Å². The predicted molar refractivity (Wildman–Crippen MR) is 89.8 cm³/mol. The van der Waals surface area contributed by atoms with E-state index >= 15 is 0 Å². The Bertz CT molecular complexity index is 466. The lowest BCUT2D eigenvalue weighted by atomic mass is 9.83. The molecule has 0 heterocycles. The minimum absolute atomic E-state index is 0. The SMILES string of the molecule is CCc1ccc(C(C)(C)C(=O)NCC(N)C2CC2)cc1.Cl. The van der Waals surface area contributed by atoms with E-state index in [1.165, 1.54) is 18.4 Å². The lowest BCUT2D eigenvalue weighted by Gasteiger charge is -2.25. The number of benzene rings is 1. The van der Waals surface area contributed by atoms with Crippen LogP contribution >= 0.6 is 12.4 Å². The Morgan fingerprint density at radius 1 is 1.33 bits per heavy atom. The Morgan fingerprint density at radius 2 is 1.90 bits per heavy atom. The first kappa shape index (κ1) is 18.0. The average Bonchev–Trinajstić information content (AvgIpc) is 3.29. The summed E-state index contributed by atoms with van der Waals surface area (Å²) >= 11 is 0. The number of aryl methyl sites for hydroxylation is 1. The maximum atomic E-state index is 12.4. The Labute approximate surface area is 134 Å². The fourth-order valence-electron chi connectivity index (χ4n) is 2.41. The van der Waals surface area contributed by atoms with Crippen LogP contribution in [0, 0.1) is 5.92 Å². The second-order valence-corrected chi connectivity index (χ2v) is 6.39. The van der Waals surface area contributed by atoms with Crippen molar-refractivity contribution in [3.05, 3.63) is 35.4 Å². The van der Waals surface area contributed by atoms with Crippen LogP contribution in [0.2, 0.25) is 0 Å². The van der Waals surface area contributed by atoms with Crippen LogP contribution in [-0.4, -0.2) is 18.5 Å². The molecule has 1 amide bonds. The van der Waals surface area contributed by atoms with Gasteiger partial charge in [-0.2, -0.15) is 0 Å². The molecule has 1 aromatic carbocycles. The van der Waals surface area contributed by atoms with E-state index in [0.717, 1.165) is 12.0 Å². The van der Waals surface area contributed by atoms with Crippen molar-refractivity contribution in [2.45, 2.75) is 51.5 Å². The molecule has 118 valence electrons. The van der Waals surface area contributed by atoms with Gasteiger partial charge in [0.2, 0.25) is 5.91 Å². The Kier molecular flexibility index (Phi) is 6.24. The number of carbonyl (C=O) groups is 1. The first-order valence-corrected chi connectivity index (χ1v) is 7.58. The van der Waals surface area contributed by atoms with Crippen LogP contribution in [0.15, 0.2) is 24.3 Å². The molecule has 4 heteroatoms. The zero-order valence-electron chi connectivity index (χ0n) is 13.2. The minimum Gasteiger partial charge on any atom is -0.354 e. The lowest BCUT2D eigenvalue weighted by molar-refractivity contribution is -0.125. The van der Waals surface area contributed by atoms with Gasteiger partial charge >= 0.3 is 0 Å². The van der Waals surface area contributed by atoms with Crippen molar-refractivity contribution < 1.29 is 4.79 Å². The molecule has 1 atom stereocenters. The van der Waals surface area contributed by atoms with E-state index in [-0.39, 0.29) is 24.4 Å². The van der Waals surface area contributed by atoms with E-state index in [9.17, 15) is 4.79 Å². The number of hydrogen-bond acceptors (Lipinski definition) is 2. The summed E-state index contributed by atoms with van der Waals surface area (Å²) in [5, 5.41) is 3.01. The van der Waals surface area contributed by atoms with Gasteiger partial charge < -0.3 is 11.1 Å². The molecule has 21 heavy (non-hydrogen) atoms. The molecule has 1 fully saturated rings. The van der Waals surface area contributed by atoms with Crippen LogP contribution in [0.3, 0.4) is 0 Å². The highest BCUT2D eigenvalue weighted by Crippen LogP contribution is 2.31. The summed E-state index contributed by atoms with van der Waals surface area (Å²) in [6.07, 6.45) is 3.43. The second kappa shape index (κ2) is 7.28. The fraction of sp³-hybridized carbons (Fsp3) is 0.588.